The van der Waals surface area contributed by atoms with E-state index in [1.54, 1.807) is 14.2 Å². The molecule has 6 heteroatoms. The Kier molecular flexibility index (Phi) is 6.20. The van der Waals surface area contributed by atoms with E-state index in [2.05, 4.69) is 9.97 Å². The van der Waals surface area contributed by atoms with Crippen molar-refractivity contribution in [2.75, 3.05) is 14.2 Å². The number of para-hydroxylation sites is 2. The van der Waals surface area contributed by atoms with E-state index in [0.29, 0.717) is 0 Å². The van der Waals surface area contributed by atoms with Gasteiger partial charge in [-0.15, -0.1) is 0 Å². The largest absolute Gasteiger partial charge is 0.495 e. The third-order valence-electron chi connectivity index (χ3n) is 6.53. The molecule has 0 radical (unpaired) electrons. The normalized spacial score (nSPS) is 10.9. The second kappa shape index (κ2) is 10.1. The molecule has 0 spiro atoms. The van der Waals surface area contributed by atoms with Gasteiger partial charge in [-0.1, -0.05) is 24.3 Å². The van der Waals surface area contributed by atoms with Crippen molar-refractivity contribution in [3.8, 4) is 67.9 Å². The van der Waals surface area contributed by atoms with Crippen LogP contribution in [-0.2, 0) is 0 Å². The maximum atomic E-state index is 5.85. The quantitative estimate of drug-likeness (QED) is 0.239. The van der Waals surface area contributed by atoms with Crippen LogP contribution in [-0.4, -0.2) is 34.2 Å². The Hall–Kier alpha value is -5.10. The first-order valence-electron chi connectivity index (χ1n) is 12.3. The Labute approximate surface area is 221 Å². The molecule has 6 aromatic rings. The van der Waals surface area contributed by atoms with Gasteiger partial charge in [-0.25, -0.2) is 9.97 Å². The molecule has 0 saturated carbocycles. The number of pyridine rings is 2. The number of nitrogens with zero attached hydrogens (tertiary/aromatic N) is 2. The smallest absolute Gasteiger partial charge is 0.137 e. The molecule has 4 heterocycles. The van der Waals surface area contributed by atoms with Crippen molar-refractivity contribution < 1.29 is 9.47 Å². The molecule has 2 aromatic carbocycles. The molecule has 0 atom stereocenters. The fraction of sp³-hybridized carbons (Fsp3) is 0.0625. The summed E-state index contributed by atoms with van der Waals surface area (Å²) in [5, 5.41) is 0. The number of hydrogen-bond acceptors (Lipinski definition) is 4. The molecular formula is C32H26N4O2. The van der Waals surface area contributed by atoms with E-state index in [1.807, 2.05) is 109 Å². The van der Waals surface area contributed by atoms with Gasteiger partial charge in [0.15, 0.2) is 0 Å². The SMILES string of the molecule is COc1c(-c2cccc(-c3cccc(-c4cccc(-c5ccc[nH]5)c4OC)n3)n2)cccc1-c1ccc[nH]1. The summed E-state index contributed by atoms with van der Waals surface area (Å²) in [5.74, 6) is 1.54. The van der Waals surface area contributed by atoms with Crippen LogP contribution in [0.5, 0.6) is 11.5 Å². The standard InChI is InChI=1S/C32H26N4O2/c1-37-31-21(25-17-7-19-33-25)9-3-11-23(31)27-13-5-15-29(35-27)30-16-6-14-28(36-30)24-12-4-10-22(32(24)38-2)26-18-8-20-34-26/h3-20,33-34H,1-2H3. The minimum Gasteiger partial charge on any atom is -0.495 e. The number of aromatic amines is 2. The lowest BCUT2D eigenvalue weighted by atomic mass is 10.0. The Morgan fingerprint density at radius 2 is 0.842 bits per heavy atom. The van der Waals surface area contributed by atoms with Gasteiger partial charge in [0.05, 0.1) is 37.0 Å². The van der Waals surface area contributed by atoms with Crippen molar-refractivity contribution in [3.63, 3.8) is 0 Å². The van der Waals surface area contributed by atoms with Crippen molar-refractivity contribution in [2.24, 2.45) is 0 Å². The number of ether oxygens (including phenoxy) is 2. The van der Waals surface area contributed by atoms with Crippen LogP contribution in [0.25, 0.3) is 56.4 Å². The third kappa shape index (κ3) is 4.22. The van der Waals surface area contributed by atoms with Crippen LogP contribution in [0.3, 0.4) is 0 Å². The Morgan fingerprint density at radius 3 is 1.24 bits per heavy atom. The number of benzene rings is 2. The van der Waals surface area contributed by atoms with E-state index in [1.165, 1.54) is 0 Å². The van der Waals surface area contributed by atoms with Gasteiger partial charge in [0.1, 0.15) is 11.5 Å². The van der Waals surface area contributed by atoms with Crippen LogP contribution in [0.15, 0.2) is 109 Å². The molecule has 6 rings (SSSR count). The van der Waals surface area contributed by atoms with E-state index >= 15 is 0 Å². The maximum absolute atomic E-state index is 5.85. The Morgan fingerprint density at radius 1 is 0.447 bits per heavy atom. The Balaban J connectivity index is 1.41. The summed E-state index contributed by atoms with van der Waals surface area (Å²) < 4.78 is 11.7. The summed E-state index contributed by atoms with van der Waals surface area (Å²) in [5.41, 5.74) is 8.95. The highest BCUT2D eigenvalue weighted by atomic mass is 16.5. The summed E-state index contributed by atoms with van der Waals surface area (Å²) in [6.07, 6.45) is 3.81. The summed E-state index contributed by atoms with van der Waals surface area (Å²) in [6, 6.07) is 32.1. The zero-order chi connectivity index (χ0) is 25.9. The van der Waals surface area contributed by atoms with Crippen LogP contribution in [0, 0.1) is 0 Å². The summed E-state index contributed by atoms with van der Waals surface area (Å²) in [4.78, 5) is 16.5. The monoisotopic (exact) mass is 498 g/mol. The summed E-state index contributed by atoms with van der Waals surface area (Å²) >= 11 is 0. The van der Waals surface area contributed by atoms with Gasteiger partial charge in [0.25, 0.3) is 0 Å². The number of hydrogen-bond donors (Lipinski definition) is 2. The van der Waals surface area contributed by atoms with Crippen molar-refractivity contribution in [1.82, 2.24) is 19.9 Å². The number of H-pyrrole nitrogens is 2. The number of rotatable bonds is 7. The Bertz CT molecular complexity index is 1560. The predicted octanol–water partition coefficient (Wildman–Crippen LogP) is 7.49. The number of nitrogens with one attached hydrogen (secondary N) is 2. The molecule has 0 unspecified atom stereocenters. The first-order chi connectivity index (χ1) is 18.8. The van der Waals surface area contributed by atoms with Crippen molar-refractivity contribution in [3.05, 3.63) is 109 Å². The maximum Gasteiger partial charge on any atom is 0.137 e. The van der Waals surface area contributed by atoms with Gasteiger partial charge in [-0.3, -0.25) is 0 Å². The molecule has 186 valence electrons. The van der Waals surface area contributed by atoms with E-state index in [9.17, 15) is 0 Å². The first kappa shape index (κ1) is 23.3. The highest BCUT2D eigenvalue weighted by molar-refractivity contribution is 5.82. The molecule has 2 N–H and O–H groups in total. The van der Waals surface area contributed by atoms with Gasteiger partial charge < -0.3 is 19.4 Å². The number of aromatic nitrogens is 4. The van der Waals surface area contributed by atoms with Crippen LogP contribution in [0.1, 0.15) is 0 Å². The topological polar surface area (TPSA) is 75.8 Å². The average molecular weight is 499 g/mol. The van der Waals surface area contributed by atoms with Crippen molar-refractivity contribution >= 4 is 0 Å². The highest BCUT2D eigenvalue weighted by Crippen LogP contribution is 2.39. The second-order valence-electron chi connectivity index (χ2n) is 8.76. The van der Waals surface area contributed by atoms with Crippen LogP contribution in [0.4, 0.5) is 0 Å². The molecule has 0 aliphatic rings. The molecule has 38 heavy (non-hydrogen) atoms. The van der Waals surface area contributed by atoms with E-state index in [-0.39, 0.29) is 0 Å². The van der Waals surface area contributed by atoms with Crippen LogP contribution < -0.4 is 9.47 Å². The van der Waals surface area contributed by atoms with E-state index in [0.717, 1.165) is 67.9 Å². The van der Waals surface area contributed by atoms with Gasteiger partial charge in [0, 0.05) is 46.0 Å². The predicted molar refractivity (Wildman–Crippen MR) is 151 cm³/mol. The lowest BCUT2D eigenvalue weighted by Crippen LogP contribution is -1.97. The summed E-state index contributed by atoms with van der Waals surface area (Å²) in [7, 11) is 3.38. The van der Waals surface area contributed by atoms with E-state index in [4.69, 9.17) is 19.4 Å². The van der Waals surface area contributed by atoms with Crippen LogP contribution in [0.2, 0.25) is 0 Å². The molecule has 0 fully saturated rings. The van der Waals surface area contributed by atoms with Gasteiger partial charge in [-0.2, -0.15) is 0 Å². The minimum absolute atomic E-state index is 0.771. The van der Waals surface area contributed by atoms with Crippen molar-refractivity contribution in [2.45, 2.75) is 0 Å². The van der Waals surface area contributed by atoms with Gasteiger partial charge >= 0.3 is 0 Å². The van der Waals surface area contributed by atoms with Gasteiger partial charge in [-0.05, 0) is 72.8 Å². The number of methoxy groups -OCH3 is 2. The first-order valence-corrected chi connectivity index (χ1v) is 12.3. The van der Waals surface area contributed by atoms with Crippen molar-refractivity contribution in [1.29, 1.82) is 0 Å². The minimum atomic E-state index is 0.771. The molecular weight excluding hydrogens is 472 g/mol. The lowest BCUT2D eigenvalue weighted by molar-refractivity contribution is 0.417. The molecule has 0 bridgehead atoms. The molecule has 4 aromatic heterocycles. The second-order valence-corrected chi connectivity index (χ2v) is 8.76. The van der Waals surface area contributed by atoms with E-state index < -0.39 is 0 Å². The molecule has 0 aliphatic heterocycles. The fourth-order valence-corrected chi connectivity index (χ4v) is 4.79. The zero-order valence-electron chi connectivity index (χ0n) is 21.1. The molecule has 6 nitrogen and oxygen atoms in total. The lowest BCUT2D eigenvalue weighted by Gasteiger charge is -2.14. The summed E-state index contributed by atoms with van der Waals surface area (Å²) in [6.45, 7) is 0. The fourth-order valence-electron chi connectivity index (χ4n) is 4.79. The molecule has 0 saturated heterocycles. The van der Waals surface area contributed by atoms with Gasteiger partial charge in [0.2, 0.25) is 0 Å². The molecule has 0 amide bonds. The zero-order valence-corrected chi connectivity index (χ0v) is 21.1. The average Bonchev–Trinajstić information content (AvgIpc) is 3.72. The highest BCUT2D eigenvalue weighted by Gasteiger charge is 2.17. The van der Waals surface area contributed by atoms with Crippen LogP contribution >= 0.6 is 0 Å². The third-order valence-corrected chi connectivity index (χ3v) is 6.53. The molecule has 0 aliphatic carbocycles.